The molecule has 1 aliphatic rings. The molecule has 0 amide bonds. The quantitative estimate of drug-likeness (QED) is 0.793. The summed E-state index contributed by atoms with van der Waals surface area (Å²) in [5.41, 5.74) is 1.47. The molecule has 2 heterocycles. The maximum absolute atomic E-state index is 12.9. The van der Waals surface area contributed by atoms with Crippen LogP contribution < -0.4 is 9.47 Å². The number of rotatable bonds is 5. The Labute approximate surface area is 123 Å². The van der Waals surface area contributed by atoms with Crippen LogP contribution in [-0.4, -0.2) is 29.3 Å². The Balaban J connectivity index is 1.98. The second-order valence-corrected chi connectivity index (χ2v) is 5.05. The number of aryl methyl sites for hydroxylation is 1. The van der Waals surface area contributed by atoms with Crippen LogP contribution in [0.1, 0.15) is 35.3 Å². The fourth-order valence-corrected chi connectivity index (χ4v) is 2.69. The van der Waals surface area contributed by atoms with Crippen molar-refractivity contribution in [3.8, 4) is 11.5 Å². The first kappa shape index (κ1) is 13.7. The summed E-state index contributed by atoms with van der Waals surface area (Å²) in [7, 11) is 1.56. The first-order valence-electron chi connectivity index (χ1n) is 7.12. The fourth-order valence-electron chi connectivity index (χ4n) is 2.69. The van der Waals surface area contributed by atoms with Crippen LogP contribution in [0.25, 0.3) is 0 Å². The predicted octanol–water partition coefficient (Wildman–Crippen LogP) is 2.66. The first-order chi connectivity index (χ1) is 10.3. The van der Waals surface area contributed by atoms with Crippen molar-refractivity contribution < 1.29 is 14.3 Å². The first-order valence-corrected chi connectivity index (χ1v) is 7.12. The second kappa shape index (κ2) is 5.60. The minimum Gasteiger partial charge on any atom is -0.493 e. The standard InChI is InChI=1S/C16H18N2O3/c1-3-8-18-15(14(20-2)9-17-18)16(19)12-10-21-13-7-5-4-6-11(12)13/h4-7,9,12H,3,8,10H2,1-2H3. The molecule has 0 radical (unpaired) electrons. The molecule has 110 valence electrons. The van der Waals surface area contributed by atoms with Gasteiger partial charge in [-0.3, -0.25) is 9.48 Å². The van der Waals surface area contributed by atoms with Crippen molar-refractivity contribution >= 4 is 5.78 Å². The fraction of sp³-hybridized carbons (Fsp3) is 0.375. The summed E-state index contributed by atoms with van der Waals surface area (Å²) >= 11 is 0. The normalized spacial score (nSPS) is 16.4. The summed E-state index contributed by atoms with van der Waals surface area (Å²) in [6, 6.07) is 7.67. The molecule has 1 aliphatic heterocycles. The molecule has 21 heavy (non-hydrogen) atoms. The van der Waals surface area contributed by atoms with Crippen molar-refractivity contribution in [1.82, 2.24) is 9.78 Å². The Hall–Kier alpha value is -2.30. The number of methoxy groups -OCH3 is 1. The van der Waals surface area contributed by atoms with E-state index in [4.69, 9.17) is 9.47 Å². The number of ketones is 1. The number of hydrogen-bond acceptors (Lipinski definition) is 4. The van der Waals surface area contributed by atoms with Crippen molar-refractivity contribution in [2.75, 3.05) is 13.7 Å². The molecule has 5 heteroatoms. The third-order valence-electron chi connectivity index (χ3n) is 3.71. The van der Waals surface area contributed by atoms with Gasteiger partial charge in [-0.25, -0.2) is 0 Å². The van der Waals surface area contributed by atoms with Crippen molar-refractivity contribution in [1.29, 1.82) is 0 Å². The largest absolute Gasteiger partial charge is 0.493 e. The van der Waals surface area contributed by atoms with Gasteiger partial charge >= 0.3 is 0 Å². The maximum Gasteiger partial charge on any atom is 0.195 e. The number of carbonyl (C=O) groups excluding carboxylic acids is 1. The zero-order valence-corrected chi connectivity index (χ0v) is 12.2. The summed E-state index contributed by atoms with van der Waals surface area (Å²) in [5, 5.41) is 4.26. The Bertz CT molecular complexity index is 663. The molecular formula is C16H18N2O3. The number of carbonyl (C=O) groups is 1. The molecule has 1 aromatic carbocycles. The van der Waals surface area contributed by atoms with Gasteiger partial charge in [-0.2, -0.15) is 5.10 Å². The van der Waals surface area contributed by atoms with E-state index in [0.29, 0.717) is 24.6 Å². The predicted molar refractivity (Wildman–Crippen MR) is 78.1 cm³/mol. The van der Waals surface area contributed by atoms with Gasteiger partial charge in [0.15, 0.2) is 11.5 Å². The average Bonchev–Trinajstić information content (AvgIpc) is 3.10. The highest BCUT2D eigenvalue weighted by Gasteiger charge is 2.34. The molecule has 2 aromatic rings. The summed E-state index contributed by atoms with van der Waals surface area (Å²) < 4.78 is 12.6. The molecule has 0 aliphatic carbocycles. The number of Topliss-reactive ketones (excluding diaryl/α,β-unsaturated/α-hetero) is 1. The van der Waals surface area contributed by atoms with Crippen molar-refractivity contribution in [2.24, 2.45) is 0 Å². The molecular weight excluding hydrogens is 268 g/mol. The Kier molecular flexibility index (Phi) is 3.64. The highest BCUT2D eigenvalue weighted by atomic mass is 16.5. The number of para-hydroxylation sites is 1. The van der Waals surface area contributed by atoms with E-state index < -0.39 is 0 Å². The third kappa shape index (κ3) is 2.28. The number of aromatic nitrogens is 2. The lowest BCUT2D eigenvalue weighted by Crippen LogP contribution is -2.19. The van der Waals surface area contributed by atoms with Gasteiger partial charge in [0.25, 0.3) is 0 Å². The molecule has 0 N–H and O–H groups in total. The zero-order valence-electron chi connectivity index (χ0n) is 12.2. The Morgan fingerprint density at radius 3 is 3.05 bits per heavy atom. The molecule has 0 bridgehead atoms. The van der Waals surface area contributed by atoms with Gasteiger partial charge in [0.05, 0.1) is 19.2 Å². The Morgan fingerprint density at radius 1 is 1.48 bits per heavy atom. The van der Waals surface area contributed by atoms with Gasteiger partial charge in [0.1, 0.15) is 18.1 Å². The number of nitrogens with zero attached hydrogens (tertiary/aromatic N) is 2. The third-order valence-corrected chi connectivity index (χ3v) is 3.71. The zero-order chi connectivity index (χ0) is 14.8. The number of ether oxygens (including phenoxy) is 2. The molecule has 0 saturated heterocycles. The highest BCUT2D eigenvalue weighted by molar-refractivity contribution is 6.02. The number of benzene rings is 1. The smallest absolute Gasteiger partial charge is 0.195 e. The highest BCUT2D eigenvalue weighted by Crippen LogP contribution is 2.37. The van der Waals surface area contributed by atoms with E-state index in [2.05, 4.69) is 12.0 Å². The molecule has 0 saturated carbocycles. The molecule has 1 atom stereocenters. The summed E-state index contributed by atoms with van der Waals surface area (Å²) in [6.45, 7) is 3.12. The molecule has 1 unspecified atom stereocenters. The van der Waals surface area contributed by atoms with Crippen molar-refractivity contribution in [3.05, 3.63) is 41.7 Å². The monoisotopic (exact) mass is 286 g/mol. The molecule has 0 fully saturated rings. The van der Waals surface area contributed by atoms with Gasteiger partial charge < -0.3 is 9.47 Å². The van der Waals surface area contributed by atoms with E-state index in [1.54, 1.807) is 18.0 Å². The average molecular weight is 286 g/mol. The van der Waals surface area contributed by atoms with E-state index in [0.717, 1.165) is 17.7 Å². The van der Waals surface area contributed by atoms with Crippen LogP contribution >= 0.6 is 0 Å². The van der Waals surface area contributed by atoms with Crippen LogP contribution in [0.15, 0.2) is 30.5 Å². The minimum absolute atomic E-state index is 0.00255. The van der Waals surface area contributed by atoms with Crippen LogP contribution in [0, 0.1) is 0 Å². The van der Waals surface area contributed by atoms with Gasteiger partial charge in [0, 0.05) is 12.1 Å². The van der Waals surface area contributed by atoms with E-state index in [-0.39, 0.29) is 11.7 Å². The van der Waals surface area contributed by atoms with E-state index in [9.17, 15) is 4.79 Å². The summed E-state index contributed by atoms with van der Waals surface area (Å²) in [5.74, 6) is 1.03. The van der Waals surface area contributed by atoms with Gasteiger partial charge in [0.2, 0.25) is 0 Å². The van der Waals surface area contributed by atoms with E-state index in [1.165, 1.54) is 0 Å². The van der Waals surface area contributed by atoms with E-state index >= 15 is 0 Å². The SMILES string of the molecule is CCCn1ncc(OC)c1C(=O)C1COc2ccccc21. The van der Waals surface area contributed by atoms with Crippen molar-refractivity contribution in [3.63, 3.8) is 0 Å². The maximum atomic E-state index is 12.9. The minimum atomic E-state index is -0.289. The molecule has 1 aromatic heterocycles. The van der Waals surface area contributed by atoms with Gasteiger partial charge in [-0.1, -0.05) is 25.1 Å². The van der Waals surface area contributed by atoms with E-state index in [1.807, 2.05) is 24.3 Å². The Morgan fingerprint density at radius 2 is 2.29 bits per heavy atom. The topological polar surface area (TPSA) is 53.4 Å². The lowest BCUT2D eigenvalue weighted by molar-refractivity contribution is 0.0933. The van der Waals surface area contributed by atoms with Crippen LogP contribution in [0.2, 0.25) is 0 Å². The number of hydrogen-bond donors (Lipinski definition) is 0. The second-order valence-electron chi connectivity index (χ2n) is 5.05. The molecule has 0 spiro atoms. The van der Waals surface area contributed by atoms with Gasteiger partial charge in [-0.05, 0) is 12.5 Å². The van der Waals surface area contributed by atoms with Crippen LogP contribution in [0.4, 0.5) is 0 Å². The lowest BCUT2D eigenvalue weighted by atomic mass is 9.94. The van der Waals surface area contributed by atoms with Crippen molar-refractivity contribution in [2.45, 2.75) is 25.8 Å². The van der Waals surface area contributed by atoms with Crippen LogP contribution in [0.3, 0.4) is 0 Å². The van der Waals surface area contributed by atoms with Gasteiger partial charge in [-0.15, -0.1) is 0 Å². The van der Waals surface area contributed by atoms with Crippen LogP contribution in [-0.2, 0) is 6.54 Å². The summed E-state index contributed by atoms with van der Waals surface area (Å²) in [4.78, 5) is 12.9. The molecule has 3 rings (SSSR count). The summed E-state index contributed by atoms with van der Waals surface area (Å²) in [6.07, 6.45) is 2.51. The van der Waals surface area contributed by atoms with Crippen LogP contribution in [0.5, 0.6) is 11.5 Å². The molecule has 5 nitrogen and oxygen atoms in total. The number of fused-ring (bicyclic) bond motifs is 1. The lowest BCUT2D eigenvalue weighted by Gasteiger charge is -2.11.